The molecule has 0 amide bonds. The minimum atomic E-state index is -3.85. The Morgan fingerprint density at radius 3 is 2.34 bits per heavy atom. The minimum Gasteiger partial charge on any atom is -0.272 e. The van der Waals surface area contributed by atoms with E-state index in [0.717, 1.165) is 6.07 Å². The van der Waals surface area contributed by atoms with E-state index in [1.54, 1.807) is 19.9 Å². The SMILES string of the molecule is CCN(CC)S(=O)(=O)c1ccc(NN=Cc2cccc([N+](=O)[O-])c2)c([N+](=O)[O-])c1. The van der Waals surface area contributed by atoms with Crippen LogP contribution in [0.25, 0.3) is 0 Å². The second-order valence-electron chi connectivity index (χ2n) is 5.75. The largest absolute Gasteiger partial charge is 0.295 e. The van der Waals surface area contributed by atoms with Crippen molar-refractivity contribution >= 4 is 33.3 Å². The van der Waals surface area contributed by atoms with Gasteiger partial charge in [-0.25, -0.2) is 8.42 Å². The molecule has 0 bridgehead atoms. The number of non-ortho nitro benzene ring substituents is 1. The number of hydrogen-bond donors (Lipinski definition) is 1. The molecule has 0 fully saturated rings. The molecule has 0 atom stereocenters. The van der Waals surface area contributed by atoms with Crippen LogP contribution in [0.1, 0.15) is 19.4 Å². The maximum atomic E-state index is 12.6. The molecule has 29 heavy (non-hydrogen) atoms. The van der Waals surface area contributed by atoms with Gasteiger partial charge in [-0.3, -0.25) is 25.7 Å². The number of nitro groups is 2. The van der Waals surface area contributed by atoms with Gasteiger partial charge in [-0.05, 0) is 12.1 Å². The third-order valence-corrected chi connectivity index (χ3v) is 6.03. The van der Waals surface area contributed by atoms with Crippen LogP contribution in [0.2, 0.25) is 0 Å². The van der Waals surface area contributed by atoms with Crippen LogP contribution in [-0.2, 0) is 10.0 Å². The van der Waals surface area contributed by atoms with E-state index in [1.165, 1.54) is 40.9 Å². The van der Waals surface area contributed by atoms with Crippen molar-refractivity contribution in [1.82, 2.24) is 4.31 Å². The van der Waals surface area contributed by atoms with E-state index in [9.17, 15) is 28.6 Å². The van der Waals surface area contributed by atoms with Crippen molar-refractivity contribution in [2.45, 2.75) is 18.7 Å². The molecule has 0 radical (unpaired) electrons. The van der Waals surface area contributed by atoms with Gasteiger partial charge in [0.15, 0.2) is 0 Å². The number of hydrazone groups is 1. The first-order valence-corrected chi connectivity index (χ1v) is 9.96. The quantitative estimate of drug-likeness (QED) is 0.372. The number of anilines is 1. The van der Waals surface area contributed by atoms with E-state index in [4.69, 9.17) is 0 Å². The number of nitro benzene ring substituents is 2. The highest BCUT2D eigenvalue weighted by Crippen LogP contribution is 2.29. The average molecular weight is 421 g/mol. The van der Waals surface area contributed by atoms with E-state index in [2.05, 4.69) is 10.5 Å². The van der Waals surface area contributed by atoms with E-state index in [-0.39, 0.29) is 29.4 Å². The van der Waals surface area contributed by atoms with Gasteiger partial charge in [0.2, 0.25) is 10.0 Å². The molecule has 0 aromatic heterocycles. The van der Waals surface area contributed by atoms with Crippen molar-refractivity contribution in [2.24, 2.45) is 5.10 Å². The summed E-state index contributed by atoms with van der Waals surface area (Å²) in [5.74, 6) is 0. The molecule has 0 aliphatic carbocycles. The van der Waals surface area contributed by atoms with Crippen molar-refractivity contribution in [1.29, 1.82) is 0 Å². The van der Waals surface area contributed by atoms with Crippen LogP contribution in [0.5, 0.6) is 0 Å². The summed E-state index contributed by atoms with van der Waals surface area (Å²) in [7, 11) is -3.85. The van der Waals surface area contributed by atoms with Crippen LogP contribution < -0.4 is 5.43 Å². The molecule has 2 aromatic rings. The van der Waals surface area contributed by atoms with E-state index in [1.807, 2.05) is 0 Å². The fourth-order valence-corrected chi connectivity index (χ4v) is 4.00. The highest BCUT2D eigenvalue weighted by atomic mass is 32.2. The van der Waals surface area contributed by atoms with Crippen LogP contribution in [0.4, 0.5) is 17.1 Å². The monoisotopic (exact) mass is 421 g/mol. The molecule has 1 N–H and O–H groups in total. The van der Waals surface area contributed by atoms with Crippen LogP contribution in [0.3, 0.4) is 0 Å². The highest BCUT2D eigenvalue weighted by molar-refractivity contribution is 7.89. The second kappa shape index (κ2) is 9.21. The van der Waals surface area contributed by atoms with Gasteiger partial charge in [-0.15, -0.1) is 0 Å². The summed E-state index contributed by atoms with van der Waals surface area (Å²) in [6.45, 7) is 3.82. The molecule has 2 aromatic carbocycles. The Morgan fingerprint density at radius 2 is 1.76 bits per heavy atom. The summed E-state index contributed by atoms with van der Waals surface area (Å²) in [4.78, 5) is 20.7. The van der Waals surface area contributed by atoms with E-state index >= 15 is 0 Å². The lowest BCUT2D eigenvalue weighted by molar-refractivity contribution is -0.384. The molecule has 0 spiro atoms. The first-order chi connectivity index (χ1) is 13.7. The maximum Gasteiger partial charge on any atom is 0.295 e. The Bertz CT molecular complexity index is 1050. The number of benzene rings is 2. The van der Waals surface area contributed by atoms with Gasteiger partial charge < -0.3 is 0 Å². The number of sulfonamides is 1. The maximum absolute atomic E-state index is 12.6. The molecule has 11 nitrogen and oxygen atoms in total. The van der Waals surface area contributed by atoms with Crippen molar-refractivity contribution in [3.8, 4) is 0 Å². The summed E-state index contributed by atoms with van der Waals surface area (Å²) in [5, 5.41) is 26.0. The summed E-state index contributed by atoms with van der Waals surface area (Å²) in [6.07, 6.45) is 1.26. The molecule has 0 heterocycles. The topological polar surface area (TPSA) is 148 Å². The zero-order valence-corrected chi connectivity index (χ0v) is 16.5. The van der Waals surface area contributed by atoms with Gasteiger partial charge in [-0.2, -0.15) is 9.41 Å². The lowest BCUT2D eigenvalue weighted by Crippen LogP contribution is -2.30. The predicted octanol–water partition coefficient (Wildman–Crippen LogP) is 2.98. The Morgan fingerprint density at radius 1 is 1.07 bits per heavy atom. The number of hydrogen-bond acceptors (Lipinski definition) is 8. The van der Waals surface area contributed by atoms with Crippen LogP contribution in [0, 0.1) is 20.2 Å². The predicted molar refractivity (Wildman–Crippen MR) is 108 cm³/mol. The molecule has 0 saturated heterocycles. The summed E-state index contributed by atoms with van der Waals surface area (Å²) in [6, 6.07) is 9.15. The molecule has 0 unspecified atom stereocenters. The second-order valence-corrected chi connectivity index (χ2v) is 7.69. The van der Waals surface area contributed by atoms with Gasteiger partial charge >= 0.3 is 0 Å². The first kappa shape index (κ1) is 21.9. The lowest BCUT2D eigenvalue weighted by atomic mass is 10.2. The average Bonchev–Trinajstić information content (AvgIpc) is 2.68. The van der Waals surface area contributed by atoms with Crippen molar-refractivity contribution in [3.63, 3.8) is 0 Å². The van der Waals surface area contributed by atoms with Gasteiger partial charge in [-0.1, -0.05) is 26.0 Å². The molecule has 2 rings (SSSR count). The van der Waals surface area contributed by atoms with E-state index < -0.39 is 25.6 Å². The normalized spacial score (nSPS) is 11.7. The molecule has 0 aliphatic heterocycles. The Hall–Kier alpha value is -3.38. The molecule has 154 valence electrons. The van der Waals surface area contributed by atoms with Gasteiger partial charge in [0.05, 0.1) is 21.0 Å². The number of nitrogens with zero attached hydrogens (tertiary/aromatic N) is 4. The van der Waals surface area contributed by atoms with Gasteiger partial charge in [0.25, 0.3) is 11.4 Å². The molecular weight excluding hydrogens is 402 g/mol. The van der Waals surface area contributed by atoms with Crippen LogP contribution in [-0.4, -0.2) is 41.9 Å². The number of nitrogens with one attached hydrogen (secondary N) is 1. The Balaban J connectivity index is 2.31. The van der Waals surface area contributed by atoms with Crippen molar-refractivity contribution < 1.29 is 18.3 Å². The molecule has 0 aliphatic rings. The van der Waals surface area contributed by atoms with Crippen molar-refractivity contribution in [3.05, 3.63) is 68.3 Å². The minimum absolute atomic E-state index is 0.0184. The Kier molecular flexibility index (Phi) is 6.96. The van der Waals surface area contributed by atoms with Crippen LogP contribution in [0.15, 0.2) is 52.5 Å². The summed E-state index contributed by atoms with van der Waals surface area (Å²) >= 11 is 0. The standard InChI is InChI=1S/C17H19N5O6S/c1-3-20(4-2)29(27,28)15-8-9-16(17(11-15)22(25)26)19-18-12-13-6-5-7-14(10-13)21(23)24/h5-12,19H,3-4H2,1-2H3. The fourth-order valence-electron chi connectivity index (χ4n) is 2.53. The third-order valence-electron chi connectivity index (χ3n) is 3.99. The van der Waals surface area contributed by atoms with Crippen LogP contribution >= 0.6 is 0 Å². The summed E-state index contributed by atoms with van der Waals surface area (Å²) in [5.41, 5.74) is 2.29. The first-order valence-electron chi connectivity index (χ1n) is 8.52. The smallest absolute Gasteiger partial charge is 0.272 e. The van der Waals surface area contributed by atoms with Gasteiger partial charge in [0.1, 0.15) is 5.69 Å². The zero-order chi connectivity index (χ0) is 21.6. The fraction of sp³-hybridized carbons (Fsp3) is 0.235. The zero-order valence-electron chi connectivity index (χ0n) is 15.7. The number of rotatable bonds is 9. The Labute approximate surface area is 167 Å². The summed E-state index contributed by atoms with van der Waals surface area (Å²) < 4.78 is 26.3. The lowest BCUT2D eigenvalue weighted by Gasteiger charge is -2.18. The third kappa shape index (κ3) is 5.12. The van der Waals surface area contributed by atoms with E-state index in [0.29, 0.717) is 5.56 Å². The molecule has 0 saturated carbocycles. The van der Waals surface area contributed by atoms with Gasteiger partial charge in [0, 0.05) is 36.9 Å². The highest BCUT2D eigenvalue weighted by Gasteiger charge is 2.25. The molecule has 12 heteroatoms. The molecular formula is C17H19N5O6S. The van der Waals surface area contributed by atoms with Crippen molar-refractivity contribution in [2.75, 3.05) is 18.5 Å².